The summed E-state index contributed by atoms with van der Waals surface area (Å²) in [5.41, 5.74) is 9.10. The molecule has 0 fully saturated rings. The van der Waals surface area contributed by atoms with Crippen LogP contribution < -0.4 is 16.0 Å². The maximum Gasteiger partial charge on any atom is 0.209 e. The van der Waals surface area contributed by atoms with Gasteiger partial charge >= 0.3 is 0 Å². The van der Waals surface area contributed by atoms with E-state index in [1.54, 1.807) is 6.92 Å². The van der Waals surface area contributed by atoms with Gasteiger partial charge in [-0.15, -0.1) is 0 Å². The van der Waals surface area contributed by atoms with E-state index in [2.05, 4.69) is 44.0 Å². The number of aromatic nitrogens is 3. The highest BCUT2D eigenvalue weighted by Gasteiger charge is 2.17. The van der Waals surface area contributed by atoms with E-state index in [4.69, 9.17) is 15.7 Å². The predicted molar refractivity (Wildman–Crippen MR) is 128 cm³/mol. The van der Waals surface area contributed by atoms with Crippen molar-refractivity contribution in [2.45, 2.75) is 41.2 Å². The van der Waals surface area contributed by atoms with Crippen molar-refractivity contribution in [2.24, 2.45) is 17.6 Å². The second-order valence-electron chi connectivity index (χ2n) is 8.84. The number of ketones is 1. The molecule has 31 heavy (non-hydrogen) atoms. The standard InChI is InChI=1S/C24H34N6O/c1-16(2)14-29(15-17(3)4)22-11-10-21-23(28-22)30(13-12-25)24(27-21)26-20-8-6-19(7-9-20)18(5)31/h6-11,16-17H,12-15,25H2,1-5H3,(H,26,27). The van der Waals surface area contributed by atoms with Gasteiger partial charge in [0.25, 0.3) is 0 Å². The summed E-state index contributed by atoms with van der Waals surface area (Å²) in [4.78, 5) is 23.6. The summed E-state index contributed by atoms with van der Waals surface area (Å²) < 4.78 is 2.03. The number of hydrogen-bond acceptors (Lipinski definition) is 6. The number of carbonyl (C=O) groups excluding carboxylic acids is 1. The number of pyridine rings is 1. The number of nitrogens with one attached hydrogen (secondary N) is 1. The number of fused-ring (bicyclic) bond motifs is 1. The molecule has 3 N–H and O–H groups in total. The van der Waals surface area contributed by atoms with Crippen LogP contribution in [0.4, 0.5) is 17.5 Å². The van der Waals surface area contributed by atoms with Gasteiger partial charge in [-0.3, -0.25) is 9.36 Å². The molecule has 0 aliphatic carbocycles. The molecule has 0 unspecified atom stereocenters. The van der Waals surface area contributed by atoms with E-state index >= 15 is 0 Å². The molecule has 7 nitrogen and oxygen atoms in total. The largest absolute Gasteiger partial charge is 0.356 e. The summed E-state index contributed by atoms with van der Waals surface area (Å²) in [6.45, 7) is 13.5. The second-order valence-corrected chi connectivity index (χ2v) is 8.84. The summed E-state index contributed by atoms with van der Waals surface area (Å²) in [6.07, 6.45) is 0. The molecule has 0 bridgehead atoms. The average molecular weight is 423 g/mol. The van der Waals surface area contributed by atoms with Gasteiger partial charge in [0.1, 0.15) is 11.3 Å². The Hall–Kier alpha value is -2.93. The number of rotatable bonds is 10. The minimum absolute atomic E-state index is 0.0472. The summed E-state index contributed by atoms with van der Waals surface area (Å²) in [5.74, 6) is 2.79. The van der Waals surface area contributed by atoms with E-state index in [-0.39, 0.29) is 5.78 Å². The molecular weight excluding hydrogens is 388 g/mol. The molecule has 0 amide bonds. The van der Waals surface area contributed by atoms with E-state index in [9.17, 15) is 4.79 Å². The number of benzene rings is 1. The number of Topliss-reactive ketones (excluding diaryl/α,β-unsaturated/α-hetero) is 1. The quantitative estimate of drug-likeness (QED) is 0.469. The Morgan fingerprint density at radius 1 is 1.03 bits per heavy atom. The fourth-order valence-electron chi connectivity index (χ4n) is 3.66. The lowest BCUT2D eigenvalue weighted by Crippen LogP contribution is -2.32. The van der Waals surface area contributed by atoms with E-state index < -0.39 is 0 Å². The zero-order chi connectivity index (χ0) is 22.5. The van der Waals surface area contributed by atoms with Gasteiger partial charge in [-0.25, -0.2) is 9.97 Å². The van der Waals surface area contributed by atoms with Crippen LogP contribution in [0.25, 0.3) is 11.2 Å². The van der Waals surface area contributed by atoms with Crippen LogP contribution in [0.1, 0.15) is 45.0 Å². The second kappa shape index (κ2) is 9.92. The van der Waals surface area contributed by atoms with Gasteiger partial charge in [-0.05, 0) is 55.2 Å². The molecule has 0 aliphatic rings. The highest BCUT2D eigenvalue weighted by Crippen LogP contribution is 2.25. The highest BCUT2D eigenvalue weighted by atomic mass is 16.1. The van der Waals surface area contributed by atoms with Crippen LogP contribution in [0.2, 0.25) is 0 Å². The van der Waals surface area contributed by atoms with Crippen molar-refractivity contribution in [1.29, 1.82) is 0 Å². The van der Waals surface area contributed by atoms with Crippen LogP contribution in [-0.4, -0.2) is 40.0 Å². The van der Waals surface area contributed by atoms with Crippen molar-refractivity contribution in [3.8, 4) is 0 Å². The SMILES string of the molecule is CC(=O)c1ccc(Nc2nc3ccc(N(CC(C)C)CC(C)C)nc3n2CCN)cc1. The van der Waals surface area contributed by atoms with Crippen LogP contribution in [0.5, 0.6) is 0 Å². The summed E-state index contributed by atoms with van der Waals surface area (Å²) in [7, 11) is 0. The Labute approximate surface area is 184 Å². The lowest BCUT2D eigenvalue weighted by molar-refractivity contribution is 0.101. The van der Waals surface area contributed by atoms with E-state index in [1.165, 1.54) is 0 Å². The molecule has 3 rings (SSSR count). The Balaban J connectivity index is 1.97. The van der Waals surface area contributed by atoms with Gasteiger partial charge in [-0.2, -0.15) is 0 Å². The van der Waals surface area contributed by atoms with E-state index in [1.807, 2.05) is 34.9 Å². The van der Waals surface area contributed by atoms with Crippen LogP contribution in [0.15, 0.2) is 36.4 Å². The first-order valence-corrected chi connectivity index (χ1v) is 11.0. The minimum Gasteiger partial charge on any atom is -0.356 e. The first-order chi connectivity index (χ1) is 14.8. The van der Waals surface area contributed by atoms with Gasteiger partial charge in [0.15, 0.2) is 11.4 Å². The van der Waals surface area contributed by atoms with E-state index in [0.717, 1.165) is 35.8 Å². The Kier molecular flexibility index (Phi) is 7.28. The van der Waals surface area contributed by atoms with Crippen molar-refractivity contribution in [3.63, 3.8) is 0 Å². The Morgan fingerprint density at radius 2 is 1.68 bits per heavy atom. The molecule has 166 valence electrons. The molecular formula is C24H34N6O. The number of carbonyl (C=O) groups is 1. The molecule has 2 aromatic heterocycles. The van der Waals surface area contributed by atoms with E-state index in [0.29, 0.717) is 36.4 Å². The van der Waals surface area contributed by atoms with Crippen molar-refractivity contribution < 1.29 is 4.79 Å². The molecule has 1 aromatic carbocycles. The zero-order valence-corrected chi connectivity index (χ0v) is 19.2. The summed E-state index contributed by atoms with van der Waals surface area (Å²) >= 11 is 0. The fourth-order valence-corrected chi connectivity index (χ4v) is 3.66. The number of nitrogens with zero attached hydrogens (tertiary/aromatic N) is 4. The summed E-state index contributed by atoms with van der Waals surface area (Å²) in [5, 5.41) is 3.36. The average Bonchev–Trinajstić information content (AvgIpc) is 3.04. The molecule has 0 saturated carbocycles. The Bertz CT molecular complexity index is 1010. The summed E-state index contributed by atoms with van der Waals surface area (Å²) in [6, 6.07) is 11.5. The predicted octanol–water partition coefficient (Wildman–Crippen LogP) is 4.45. The monoisotopic (exact) mass is 422 g/mol. The van der Waals surface area contributed by atoms with Crippen molar-refractivity contribution in [1.82, 2.24) is 14.5 Å². The normalized spacial score (nSPS) is 11.5. The molecule has 0 radical (unpaired) electrons. The topological polar surface area (TPSA) is 89.1 Å². The van der Waals surface area contributed by atoms with Crippen molar-refractivity contribution in [3.05, 3.63) is 42.0 Å². The number of hydrogen-bond donors (Lipinski definition) is 2. The molecule has 0 atom stereocenters. The van der Waals surface area contributed by atoms with Gasteiger partial charge in [0.2, 0.25) is 5.95 Å². The molecule has 0 aliphatic heterocycles. The highest BCUT2D eigenvalue weighted by molar-refractivity contribution is 5.94. The van der Waals surface area contributed by atoms with Crippen LogP contribution >= 0.6 is 0 Å². The number of anilines is 3. The first kappa shape index (κ1) is 22.7. The third-order valence-corrected chi connectivity index (χ3v) is 4.97. The van der Waals surface area contributed by atoms with Gasteiger partial charge in [0, 0.05) is 37.4 Å². The number of imidazole rings is 1. The maximum absolute atomic E-state index is 11.5. The molecule has 7 heteroatoms. The number of nitrogens with two attached hydrogens (primary N) is 1. The lowest BCUT2D eigenvalue weighted by Gasteiger charge is -2.27. The van der Waals surface area contributed by atoms with Crippen molar-refractivity contribution >= 4 is 34.4 Å². The molecule has 3 aromatic rings. The maximum atomic E-state index is 11.5. The first-order valence-electron chi connectivity index (χ1n) is 11.0. The zero-order valence-electron chi connectivity index (χ0n) is 19.2. The fraction of sp³-hybridized carbons (Fsp3) is 0.458. The van der Waals surface area contributed by atoms with Crippen LogP contribution in [0.3, 0.4) is 0 Å². The van der Waals surface area contributed by atoms with Gasteiger partial charge in [-0.1, -0.05) is 27.7 Å². The van der Waals surface area contributed by atoms with Crippen molar-refractivity contribution in [2.75, 3.05) is 29.9 Å². The van der Waals surface area contributed by atoms with Crippen LogP contribution in [-0.2, 0) is 6.54 Å². The Morgan fingerprint density at radius 3 is 2.23 bits per heavy atom. The third kappa shape index (κ3) is 5.61. The van der Waals surface area contributed by atoms with Gasteiger partial charge in [0.05, 0.1) is 0 Å². The lowest BCUT2D eigenvalue weighted by atomic mass is 10.1. The molecule has 2 heterocycles. The third-order valence-electron chi connectivity index (χ3n) is 4.97. The van der Waals surface area contributed by atoms with Gasteiger partial charge < -0.3 is 16.0 Å². The minimum atomic E-state index is 0.0472. The smallest absolute Gasteiger partial charge is 0.209 e. The van der Waals surface area contributed by atoms with Crippen LogP contribution in [0, 0.1) is 11.8 Å². The molecule has 0 saturated heterocycles. The molecule has 0 spiro atoms.